The molecule has 2 unspecified atom stereocenters. The zero-order valence-electron chi connectivity index (χ0n) is 17.7. The molecule has 0 fully saturated rings. The molecule has 7 heteroatoms. The number of carbonyl (C=O) groups is 3. The van der Waals surface area contributed by atoms with Crippen LogP contribution in [0.2, 0.25) is 0 Å². The summed E-state index contributed by atoms with van der Waals surface area (Å²) in [6.45, 7) is 3.75. The Morgan fingerprint density at radius 2 is 1.69 bits per heavy atom. The first-order valence-corrected chi connectivity index (χ1v) is 11.2. The van der Waals surface area contributed by atoms with Crippen molar-refractivity contribution in [3.63, 3.8) is 0 Å². The van der Waals surface area contributed by atoms with Gasteiger partial charge >= 0.3 is 0 Å². The number of para-hydroxylation sites is 1. The monoisotopic (exact) mass is 445 g/mol. The largest absolute Gasteiger partial charge is 0.345 e. The molecule has 6 nitrogen and oxygen atoms in total. The lowest BCUT2D eigenvalue weighted by Crippen LogP contribution is -2.28. The van der Waals surface area contributed by atoms with E-state index in [1.807, 2.05) is 50.2 Å². The molecular formula is C25H23N3O3S. The van der Waals surface area contributed by atoms with Gasteiger partial charge in [-0.2, -0.15) is 0 Å². The lowest BCUT2D eigenvalue weighted by Gasteiger charge is -2.21. The average molecular weight is 446 g/mol. The quantitative estimate of drug-likeness (QED) is 0.523. The molecule has 0 aromatic heterocycles. The van der Waals surface area contributed by atoms with Gasteiger partial charge in [0.25, 0.3) is 11.8 Å². The molecule has 32 heavy (non-hydrogen) atoms. The van der Waals surface area contributed by atoms with Crippen LogP contribution >= 0.6 is 11.8 Å². The number of hydrogen-bond donors (Lipinski definition) is 3. The zero-order valence-corrected chi connectivity index (χ0v) is 18.5. The Morgan fingerprint density at radius 1 is 0.969 bits per heavy atom. The fourth-order valence-corrected chi connectivity index (χ4v) is 4.36. The van der Waals surface area contributed by atoms with Crippen molar-refractivity contribution >= 4 is 40.9 Å². The number of fused-ring (bicyclic) bond motifs is 1. The maximum atomic E-state index is 12.9. The van der Waals surface area contributed by atoms with Crippen LogP contribution in [0.25, 0.3) is 0 Å². The van der Waals surface area contributed by atoms with Crippen LogP contribution < -0.4 is 16.0 Å². The van der Waals surface area contributed by atoms with Gasteiger partial charge < -0.3 is 16.0 Å². The number of rotatable bonds is 5. The van der Waals surface area contributed by atoms with E-state index in [1.54, 1.807) is 36.4 Å². The average Bonchev–Trinajstić information content (AvgIpc) is 2.80. The molecule has 162 valence electrons. The molecule has 3 amide bonds. The van der Waals surface area contributed by atoms with Crippen LogP contribution in [0.15, 0.2) is 77.7 Å². The van der Waals surface area contributed by atoms with Gasteiger partial charge in [-0.15, -0.1) is 11.8 Å². The highest BCUT2D eigenvalue weighted by Crippen LogP contribution is 2.36. The first-order valence-electron chi connectivity index (χ1n) is 10.3. The summed E-state index contributed by atoms with van der Waals surface area (Å²) >= 11 is 1.46. The number of thioether (sulfide) groups is 1. The minimum absolute atomic E-state index is 0.0883. The standard InChI is InChI=1S/C25H23N3O3S/c1-15(17-8-4-3-5-9-17)26-25(31)19-10-6-7-11-20(19)27-24(30)18-12-13-22-21(14-18)28-23(29)16(2)32-22/h3-16H,1-2H3,(H,26,31)(H,27,30)(H,28,29). The number of carbonyl (C=O) groups excluding carboxylic acids is 3. The van der Waals surface area contributed by atoms with Crippen molar-refractivity contribution in [3.05, 3.63) is 89.5 Å². The number of amides is 3. The first kappa shape index (κ1) is 21.6. The van der Waals surface area contributed by atoms with Crippen molar-refractivity contribution < 1.29 is 14.4 Å². The molecular weight excluding hydrogens is 422 g/mol. The summed E-state index contributed by atoms with van der Waals surface area (Å²) in [5.41, 5.74) is 2.80. The van der Waals surface area contributed by atoms with E-state index in [0.717, 1.165) is 10.5 Å². The molecule has 1 heterocycles. The van der Waals surface area contributed by atoms with Crippen LogP contribution in [0.1, 0.15) is 46.2 Å². The van der Waals surface area contributed by atoms with Crippen molar-refractivity contribution in [3.8, 4) is 0 Å². The summed E-state index contributed by atoms with van der Waals surface area (Å²) in [4.78, 5) is 38.7. The van der Waals surface area contributed by atoms with Crippen LogP contribution in [0.4, 0.5) is 11.4 Å². The van der Waals surface area contributed by atoms with Crippen molar-refractivity contribution in [1.29, 1.82) is 0 Å². The molecule has 3 aromatic rings. The van der Waals surface area contributed by atoms with Gasteiger partial charge in [0.15, 0.2) is 0 Å². The maximum absolute atomic E-state index is 12.9. The molecule has 0 aliphatic carbocycles. The first-order chi connectivity index (χ1) is 15.4. The highest BCUT2D eigenvalue weighted by Gasteiger charge is 2.24. The zero-order chi connectivity index (χ0) is 22.7. The van der Waals surface area contributed by atoms with Crippen LogP contribution in [0.5, 0.6) is 0 Å². The van der Waals surface area contributed by atoms with Crippen molar-refractivity contribution in [2.24, 2.45) is 0 Å². The normalized spacial score (nSPS) is 15.8. The Hall–Kier alpha value is -3.58. The van der Waals surface area contributed by atoms with Crippen molar-refractivity contribution in [1.82, 2.24) is 5.32 Å². The molecule has 3 aromatic carbocycles. The predicted molar refractivity (Wildman–Crippen MR) is 127 cm³/mol. The van der Waals surface area contributed by atoms with Gasteiger partial charge in [-0.3, -0.25) is 14.4 Å². The van der Waals surface area contributed by atoms with Crippen LogP contribution in [-0.2, 0) is 4.79 Å². The van der Waals surface area contributed by atoms with E-state index in [0.29, 0.717) is 22.5 Å². The van der Waals surface area contributed by atoms with E-state index in [4.69, 9.17) is 0 Å². The Morgan fingerprint density at radius 3 is 2.47 bits per heavy atom. The summed E-state index contributed by atoms with van der Waals surface area (Å²) in [7, 11) is 0. The summed E-state index contributed by atoms with van der Waals surface area (Å²) in [6, 6.07) is 21.6. The fourth-order valence-electron chi connectivity index (χ4n) is 3.43. The van der Waals surface area contributed by atoms with Gasteiger partial charge in [-0.1, -0.05) is 42.5 Å². The van der Waals surface area contributed by atoms with Gasteiger partial charge in [-0.05, 0) is 49.7 Å². The highest BCUT2D eigenvalue weighted by atomic mass is 32.2. The molecule has 3 N–H and O–H groups in total. The van der Waals surface area contributed by atoms with Gasteiger partial charge in [0.05, 0.1) is 28.2 Å². The predicted octanol–water partition coefficient (Wildman–Crippen LogP) is 4.86. The third kappa shape index (κ3) is 4.68. The van der Waals surface area contributed by atoms with Gasteiger partial charge in [0.2, 0.25) is 5.91 Å². The van der Waals surface area contributed by atoms with Gasteiger partial charge in [0, 0.05) is 10.5 Å². The second kappa shape index (κ2) is 9.28. The molecule has 1 aliphatic heterocycles. The summed E-state index contributed by atoms with van der Waals surface area (Å²) in [6.07, 6.45) is 0. The summed E-state index contributed by atoms with van der Waals surface area (Å²) in [5.74, 6) is -0.725. The molecule has 1 aliphatic rings. The van der Waals surface area contributed by atoms with Gasteiger partial charge in [-0.25, -0.2) is 0 Å². The molecule has 0 bridgehead atoms. The van der Waals surface area contributed by atoms with E-state index in [9.17, 15) is 14.4 Å². The van der Waals surface area contributed by atoms with E-state index in [-0.39, 0.29) is 29.0 Å². The Labute approximate surface area is 190 Å². The fraction of sp³-hybridized carbons (Fsp3) is 0.160. The lowest BCUT2D eigenvalue weighted by atomic mass is 10.1. The number of anilines is 2. The molecule has 4 rings (SSSR count). The number of benzene rings is 3. The minimum atomic E-state index is -0.359. The van der Waals surface area contributed by atoms with Crippen LogP contribution in [0, 0.1) is 0 Å². The number of nitrogens with one attached hydrogen (secondary N) is 3. The summed E-state index contributed by atoms with van der Waals surface area (Å²) < 4.78 is 0. The van der Waals surface area contributed by atoms with Crippen LogP contribution in [-0.4, -0.2) is 23.0 Å². The van der Waals surface area contributed by atoms with E-state index >= 15 is 0 Å². The molecule has 2 atom stereocenters. The molecule has 0 radical (unpaired) electrons. The minimum Gasteiger partial charge on any atom is -0.345 e. The second-order valence-electron chi connectivity index (χ2n) is 7.57. The molecule has 0 saturated carbocycles. The Bertz CT molecular complexity index is 1180. The van der Waals surface area contributed by atoms with Gasteiger partial charge in [0.1, 0.15) is 0 Å². The maximum Gasteiger partial charge on any atom is 0.255 e. The Kier molecular flexibility index (Phi) is 6.28. The second-order valence-corrected chi connectivity index (χ2v) is 8.95. The topological polar surface area (TPSA) is 87.3 Å². The van der Waals surface area contributed by atoms with Crippen molar-refractivity contribution in [2.45, 2.75) is 30.0 Å². The van der Waals surface area contributed by atoms with Crippen LogP contribution in [0.3, 0.4) is 0 Å². The molecule has 0 spiro atoms. The molecule has 0 saturated heterocycles. The highest BCUT2D eigenvalue weighted by molar-refractivity contribution is 8.00. The van der Waals surface area contributed by atoms with E-state index in [2.05, 4.69) is 16.0 Å². The van der Waals surface area contributed by atoms with Crippen molar-refractivity contribution in [2.75, 3.05) is 10.6 Å². The SMILES string of the molecule is CC1Sc2ccc(C(=O)Nc3ccccc3C(=O)NC(C)c3ccccc3)cc2NC1=O. The third-order valence-corrected chi connectivity index (χ3v) is 6.42. The van der Waals surface area contributed by atoms with E-state index < -0.39 is 0 Å². The lowest BCUT2D eigenvalue weighted by molar-refractivity contribution is -0.115. The third-order valence-electron chi connectivity index (χ3n) is 5.24. The smallest absolute Gasteiger partial charge is 0.255 e. The number of hydrogen-bond acceptors (Lipinski definition) is 4. The van der Waals surface area contributed by atoms with E-state index in [1.165, 1.54) is 11.8 Å². The summed E-state index contributed by atoms with van der Waals surface area (Å²) in [5, 5.41) is 8.46. The Balaban J connectivity index is 1.51.